The zero-order valence-corrected chi connectivity index (χ0v) is 12.0. The van der Waals surface area contributed by atoms with Crippen molar-refractivity contribution in [1.82, 2.24) is 10.2 Å². The second kappa shape index (κ2) is 6.55. The molecule has 2 saturated heterocycles. The van der Waals surface area contributed by atoms with Crippen molar-refractivity contribution in [1.29, 1.82) is 0 Å². The molecule has 1 amide bonds. The van der Waals surface area contributed by atoms with Gasteiger partial charge in [-0.1, -0.05) is 13.8 Å². The predicted octanol–water partition coefficient (Wildman–Crippen LogP) is 2.41. The zero-order chi connectivity index (χ0) is 13.0. The van der Waals surface area contributed by atoms with Gasteiger partial charge < -0.3 is 10.2 Å². The average Bonchev–Trinajstić information content (AvgIpc) is 2.85. The summed E-state index contributed by atoms with van der Waals surface area (Å²) in [6.45, 7) is 7.58. The number of amides is 1. The van der Waals surface area contributed by atoms with Gasteiger partial charge in [0.05, 0.1) is 0 Å². The van der Waals surface area contributed by atoms with E-state index in [1.54, 1.807) is 0 Å². The van der Waals surface area contributed by atoms with Gasteiger partial charge in [-0.25, -0.2) is 0 Å². The molecule has 0 radical (unpaired) electrons. The third-order valence-corrected chi connectivity index (χ3v) is 4.43. The van der Waals surface area contributed by atoms with Gasteiger partial charge in [-0.2, -0.15) is 0 Å². The first-order chi connectivity index (χ1) is 8.68. The van der Waals surface area contributed by atoms with Gasteiger partial charge in [0.2, 0.25) is 5.91 Å². The molecule has 0 aromatic heterocycles. The van der Waals surface area contributed by atoms with Crippen LogP contribution in [0.15, 0.2) is 0 Å². The first kappa shape index (κ1) is 13.9. The Hall–Kier alpha value is -0.570. The molecule has 0 spiro atoms. The van der Waals surface area contributed by atoms with Crippen molar-refractivity contribution in [2.24, 2.45) is 11.8 Å². The molecule has 2 heterocycles. The quantitative estimate of drug-likeness (QED) is 0.833. The van der Waals surface area contributed by atoms with E-state index in [-0.39, 0.29) is 0 Å². The summed E-state index contributed by atoms with van der Waals surface area (Å²) in [5.74, 6) is 1.50. The SMILES string of the molecule is CC(C)CCC1CCCN1C(=O)C1CCNCC1. The van der Waals surface area contributed by atoms with Crippen LogP contribution in [0, 0.1) is 11.8 Å². The van der Waals surface area contributed by atoms with Crippen molar-refractivity contribution in [3.05, 3.63) is 0 Å². The van der Waals surface area contributed by atoms with Crippen LogP contribution in [0.2, 0.25) is 0 Å². The van der Waals surface area contributed by atoms with Gasteiger partial charge in [-0.15, -0.1) is 0 Å². The molecule has 0 saturated carbocycles. The molecule has 2 aliphatic rings. The van der Waals surface area contributed by atoms with E-state index >= 15 is 0 Å². The fourth-order valence-electron chi connectivity index (χ4n) is 3.26. The van der Waals surface area contributed by atoms with Crippen LogP contribution in [0.1, 0.15) is 52.4 Å². The first-order valence-corrected chi connectivity index (χ1v) is 7.69. The number of carbonyl (C=O) groups excluding carboxylic acids is 1. The van der Waals surface area contributed by atoms with Gasteiger partial charge in [0, 0.05) is 18.5 Å². The lowest BCUT2D eigenvalue weighted by Gasteiger charge is -2.31. The van der Waals surface area contributed by atoms with Gasteiger partial charge >= 0.3 is 0 Å². The maximum Gasteiger partial charge on any atom is 0.226 e. The topological polar surface area (TPSA) is 32.3 Å². The van der Waals surface area contributed by atoms with E-state index in [0.29, 0.717) is 17.9 Å². The molecule has 0 bridgehead atoms. The zero-order valence-electron chi connectivity index (χ0n) is 12.0. The highest BCUT2D eigenvalue weighted by Crippen LogP contribution is 2.26. The van der Waals surface area contributed by atoms with Crippen molar-refractivity contribution < 1.29 is 4.79 Å². The number of piperidine rings is 1. The lowest BCUT2D eigenvalue weighted by Crippen LogP contribution is -2.43. The monoisotopic (exact) mass is 252 g/mol. The molecule has 104 valence electrons. The van der Waals surface area contributed by atoms with E-state index in [1.165, 1.54) is 25.7 Å². The van der Waals surface area contributed by atoms with Crippen molar-refractivity contribution in [2.45, 2.75) is 58.4 Å². The number of carbonyl (C=O) groups is 1. The normalized spacial score (nSPS) is 25.9. The molecule has 1 unspecified atom stereocenters. The smallest absolute Gasteiger partial charge is 0.226 e. The summed E-state index contributed by atoms with van der Waals surface area (Å²) < 4.78 is 0. The molecule has 0 aromatic rings. The summed E-state index contributed by atoms with van der Waals surface area (Å²) in [5, 5.41) is 3.34. The molecule has 1 N–H and O–H groups in total. The van der Waals surface area contributed by atoms with Crippen molar-refractivity contribution in [3.8, 4) is 0 Å². The standard InChI is InChI=1S/C15H28N2O/c1-12(2)5-6-14-4-3-11-17(14)15(18)13-7-9-16-10-8-13/h12-14,16H,3-11H2,1-2H3. The molecular formula is C15H28N2O. The van der Waals surface area contributed by atoms with Gasteiger partial charge in [-0.3, -0.25) is 4.79 Å². The van der Waals surface area contributed by atoms with Crippen LogP contribution in [-0.2, 0) is 4.79 Å². The third-order valence-electron chi connectivity index (χ3n) is 4.43. The summed E-state index contributed by atoms with van der Waals surface area (Å²) in [7, 11) is 0. The molecule has 0 aromatic carbocycles. The highest BCUT2D eigenvalue weighted by atomic mass is 16.2. The van der Waals surface area contributed by atoms with Crippen LogP contribution < -0.4 is 5.32 Å². The van der Waals surface area contributed by atoms with Gasteiger partial charge in [0.25, 0.3) is 0 Å². The number of hydrogen-bond acceptors (Lipinski definition) is 2. The van der Waals surface area contributed by atoms with E-state index in [0.717, 1.165) is 38.4 Å². The fourth-order valence-corrected chi connectivity index (χ4v) is 3.26. The fraction of sp³-hybridized carbons (Fsp3) is 0.933. The molecule has 2 fully saturated rings. The van der Waals surface area contributed by atoms with E-state index in [2.05, 4.69) is 24.1 Å². The Bertz CT molecular complexity index is 272. The first-order valence-electron chi connectivity index (χ1n) is 7.69. The summed E-state index contributed by atoms with van der Waals surface area (Å²) in [5.41, 5.74) is 0. The van der Waals surface area contributed by atoms with E-state index < -0.39 is 0 Å². The molecular weight excluding hydrogens is 224 g/mol. The summed E-state index contributed by atoms with van der Waals surface area (Å²) in [6, 6.07) is 0.537. The Morgan fingerprint density at radius 1 is 1.28 bits per heavy atom. The number of rotatable bonds is 4. The predicted molar refractivity (Wildman–Crippen MR) is 74.4 cm³/mol. The van der Waals surface area contributed by atoms with Crippen LogP contribution in [0.3, 0.4) is 0 Å². The summed E-state index contributed by atoms with van der Waals surface area (Å²) in [6.07, 6.45) is 6.95. The largest absolute Gasteiger partial charge is 0.339 e. The molecule has 3 heteroatoms. The van der Waals surface area contributed by atoms with E-state index in [1.807, 2.05) is 0 Å². The Morgan fingerprint density at radius 2 is 2.00 bits per heavy atom. The molecule has 2 rings (SSSR count). The minimum atomic E-state index is 0.297. The Morgan fingerprint density at radius 3 is 2.67 bits per heavy atom. The Balaban J connectivity index is 1.87. The second-order valence-corrected chi connectivity index (χ2v) is 6.32. The highest BCUT2D eigenvalue weighted by Gasteiger charge is 2.33. The third kappa shape index (κ3) is 3.47. The highest BCUT2D eigenvalue weighted by molar-refractivity contribution is 5.79. The van der Waals surface area contributed by atoms with Crippen molar-refractivity contribution >= 4 is 5.91 Å². The molecule has 1 atom stereocenters. The minimum absolute atomic E-state index is 0.297. The molecule has 0 aliphatic carbocycles. The number of likely N-dealkylation sites (tertiary alicyclic amines) is 1. The summed E-state index contributed by atoms with van der Waals surface area (Å²) in [4.78, 5) is 14.8. The van der Waals surface area contributed by atoms with Crippen molar-refractivity contribution in [2.75, 3.05) is 19.6 Å². The van der Waals surface area contributed by atoms with Crippen LogP contribution in [0.4, 0.5) is 0 Å². The van der Waals surface area contributed by atoms with Crippen LogP contribution in [-0.4, -0.2) is 36.5 Å². The number of nitrogens with one attached hydrogen (secondary N) is 1. The lowest BCUT2D eigenvalue weighted by atomic mass is 9.95. The Kier molecular flexibility index (Phi) is 5.04. The minimum Gasteiger partial charge on any atom is -0.339 e. The van der Waals surface area contributed by atoms with Gasteiger partial charge in [0.1, 0.15) is 0 Å². The Labute approximate surface area is 111 Å². The number of hydrogen-bond donors (Lipinski definition) is 1. The maximum atomic E-state index is 12.6. The molecule has 3 nitrogen and oxygen atoms in total. The molecule has 18 heavy (non-hydrogen) atoms. The average molecular weight is 252 g/mol. The summed E-state index contributed by atoms with van der Waals surface area (Å²) >= 11 is 0. The maximum absolute atomic E-state index is 12.6. The van der Waals surface area contributed by atoms with Crippen LogP contribution >= 0.6 is 0 Å². The van der Waals surface area contributed by atoms with E-state index in [4.69, 9.17) is 0 Å². The second-order valence-electron chi connectivity index (χ2n) is 6.32. The number of nitrogens with zero attached hydrogens (tertiary/aromatic N) is 1. The van der Waals surface area contributed by atoms with Crippen LogP contribution in [0.25, 0.3) is 0 Å². The van der Waals surface area contributed by atoms with Gasteiger partial charge in [0.15, 0.2) is 0 Å². The van der Waals surface area contributed by atoms with Gasteiger partial charge in [-0.05, 0) is 57.5 Å². The van der Waals surface area contributed by atoms with E-state index in [9.17, 15) is 4.79 Å². The van der Waals surface area contributed by atoms with Crippen LogP contribution in [0.5, 0.6) is 0 Å². The van der Waals surface area contributed by atoms with Crippen molar-refractivity contribution in [3.63, 3.8) is 0 Å². The lowest BCUT2D eigenvalue weighted by molar-refractivity contribution is -0.137. The molecule has 2 aliphatic heterocycles.